The van der Waals surface area contributed by atoms with Gasteiger partial charge in [-0.25, -0.2) is 8.42 Å². The Morgan fingerprint density at radius 3 is 2.67 bits per heavy atom. The minimum Gasteiger partial charge on any atom is -0.330 e. The molecule has 1 aromatic rings. The smallest absolute Gasteiger partial charge is 0.252 e. The van der Waals surface area contributed by atoms with Crippen molar-refractivity contribution in [1.29, 1.82) is 0 Å². The average Bonchev–Trinajstić information content (AvgIpc) is 2.99. The summed E-state index contributed by atoms with van der Waals surface area (Å²) >= 11 is 1.34. The summed E-state index contributed by atoms with van der Waals surface area (Å²) in [7, 11) is -1.61. The van der Waals surface area contributed by atoms with E-state index in [-0.39, 0.29) is 6.04 Å². The maximum Gasteiger partial charge on any atom is 0.252 e. The molecule has 1 saturated carbocycles. The first-order valence-electron chi connectivity index (χ1n) is 6.32. The van der Waals surface area contributed by atoms with Crippen LogP contribution in [0.25, 0.3) is 0 Å². The summed E-state index contributed by atoms with van der Waals surface area (Å²) in [4.78, 5) is 1.04. The van der Waals surface area contributed by atoms with Crippen molar-refractivity contribution in [3.8, 4) is 0 Å². The van der Waals surface area contributed by atoms with Crippen molar-refractivity contribution < 1.29 is 8.42 Å². The van der Waals surface area contributed by atoms with E-state index in [0.717, 1.165) is 37.0 Å². The molecule has 0 aliphatic heterocycles. The second-order valence-corrected chi connectivity index (χ2v) is 8.11. The zero-order valence-electron chi connectivity index (χ0n) is 10.6. The Morgan fingerprint density at radius 2 is 2.06 bits per heavy atom. The molecule has 1 aliphatic rings. The molecule has 18 heavy (non-hydrogen) atoms. The van der Waals surface area contributed by atoms with Crippen molar-refractivity contribution >= 4 is 21.4 Å². The van der Waals surface area contributed by atoms with Crippen LogP contribution in [0.15, 0.2) is 16.3 Å². The molecular weight excluding hydrogens is 268 g/mol. The van der Waals surface area contributed by atoms with Gasteiger partial charge in [-0.1, -0.05) is 12.8 Å². The van der Waals surface area contributed by atoms with Crippen LogP contribution in [0.1, 0.15) is 30.6 Å². The van der Waals surface area contributed by atoms with Gasteiger partial charge in [-0.3, -0.25) is 0 Å². The van der Waals surface area contributed by atoms with E-state index in [1.165, 1.54) is 11.3 Å². The maximum absolute atomic E-state index is 12.4. The van der Waals surface area contributed by atoms with E-state index in [2.05, 4.69) is 0 Å². The van der Waals surface area contributed by atoms with Crippen LogP contribution in [0.2, 0.25) is 0 Å². The molecule has 0 amide bonds. The first-order valence-corrected chi connectivity index (χ1v) is 8.58. The molecular formula is C12H20N2O2S2. The number of hydrogen-bond donors (Lipinski definition) is 1. The van der Waals surface area contributed by atoms with Crippen LogP contribution in [0.5, 0.6) is 0 Å². The standard InChI is InChI=1S/C12H20N2O2S2/c1-14(10-4-2-3-5-10)18(15,16)12-7-6-11(17-12)8-9-13/h6-7,10H,2-5,8-9,13H2,1H3. The minimum atomic E-state index is -3.31. The number of nitrogens with two attached hydrogens (primary N) is 1. The number of hydrogen-bond acceptors (Lipinski definition) is 4. The van der Waals surface area contributed by atoms with Gasteiger partial charge in [-0.15, -0.1) is 11.3 Å². The molecule has 1 fully saturated rings. The molecule has 0 saturated heterocycles. The minimum absolute atomic E-state index is 0.176. The van der Waals surface area contributed by atoms with Gasteiger partial charge in [0.15, 0.2) is 0 Å². The summed E-state index contributed by atoms with van der Waals surface area (Å²) in [6.07, 6.45) is 4.97. The topological polar surface area (TPSA) is 63.4 Å². The van der Waals surface area contributed by atoms with Crippen LogP contribution in [0.4, 0.5) is 0 Å². The molecule has 2 rings (SSSR count). The van der Waals surface area contributed by atoms with Crippen molar-refractivity contribution in [3.05, 3.63) is 17.0 Å². The summed E-state index contributed by atoms with van der Waals surface area (Å²) in [6.45, 7) is 0.554. The Morgan fingerprint density at radius 1 is 1.39 bits per heavy atom. The number of rotatable bonds is 5. The van der Waals surface area contributed by atoms with Gasteiger partial charge < -0.3 is 5.73 Å². The molecule has 0 atom stereocenters. The Bertz CT molecular complexity index is 490. The lowest BCUT2D eigenvalue weighted by Crippen LogP contribution is -2.34. The molecule has 1 aromatic heterocycles. The van der Waals surface area contributed by atoms with Gasteiger partial charge in [0.25, 0.3) is 10.0 Å². The zero-order valence-corrected chi connectivity index (χ0v) is 12.3. The van der Waals surface area contributed by atoms with Crippen LogP contribution in [-0.2, 0) is 16.4 Å². The monoisotopic (exact) mass is 288 g/mol. The first-order chi connectivity index (χ1) is 8.55. The van der Waals surface area contributed by atoms with Crippen LogP contribution in [0, 0.1) is 0 Å². The lowest BCUT2D eigenvalue weighted by Gasteiger charge is -2.22. The fourth-order valence-electron chi connectivity index (χ4n) is 2.38. The second-order valence-electron chi connectivity index (χ2n) is 4.72. The fourth-order valence-corrected chi connectivity index (χ4v) is 5.35. The van der Waals surface area contributed by atoms with Gasteiger partial charge in [-0.05, 0) is 37.9 Å². The first kappa shape index (κ1) is 14.0. The number of nitrogens with zero attached hydrogens (tertiary/aromatic N) is 1. The van der Waals surface area contributed by atoms with Crippen LogP contribution in [-0.4, -0.2) is 32.4 Å². The lowest BCUT2D eigenvalue weighted by molar-refractivity contribution is 0.374. The molecule has 102 valence electrons. The summed E-state index contributed by atoms with van der Waals surface area (Å²) in [5, 5.41) is 0. The lowest BCUT2D eigenvalue weighted by atomic mass is 10.3. The molecule has 6 heteroatoms. The van der Waals surface area contributed by atoms with E-state index in [4.69, 9.17) is 5.73 Å². The van der Waals surface area contributed by atoms with Crippen LogP contribution < -0.4 is 5.73 Å². The van der Waals surface area contributed by atoms with E-state index in [1.54, 1.807) is 17.4 Å². The molecule has 1 aliphatic carbocycles. The van der Waals surface area contributed by atoms with Gasteiger partial charge in [0.05, 0.1) is 0 Å². The Labute approximate surface area is 113 Å². The Kier molecular flexibility index (Phi) is 4.42. The summed E-state index contributed by atoms with van der Waals surface area (Å²) < 4.78 is 26.9. The number of thiophene rings is 1. The SMILES string of the molecule is CN(C1CCCC1)S(=O)(=O)c1ccc(CCN)s1. The molecule has 1 heterocycles. The van der Waals surface area contributed by atoms with Gasteiger partial charge in [0.2, 0.25) is 0 Å². The fraction of sp³-hybridized carbons (Fsp3) is 0.667. The molecule has 4 nitrogen and oxygen atoms in total. The Balaban J connectivity index is 2.18. The normalized spacial score (nSPS) is 17.7. The van der Waals surface area contributed by atoms with E-state index in [9.17, 15) is 8.42 Å². The average molecular weight is 288 g/mol. The highest BCUT2D eigenvalue weighted by Crippen LogP contribution is 2.30. The third-order valence-corrected chi connectivity index (χ3v) is 7.02. The van der Waals surface area contributed by atoms with E-state index in [1.807, 2.05) is 6.07 Å². The van der Waals surface area contributed by atoms with E-state index < -0.39 is 10.0 Å². The molecule has 2 N–H and O–H groups in total. The highest BCUT2D eigenvalue weighted by atomic mass is 32.2. The second kappa shape index (κ2) is 5.69. The van der Waals surface area contributed by atoms with Crippen LogP contribution in [0.3, 0.4) is 0 Å². The van der Waals surface area contributed by atoms with Crippen molar-refractivity contribution in [2.75, 3.05) is 13.6 Å². The maximum atomic E-state index is 12.4. The van der Waals surface area contributed by atoms with E-state index >= 15 is 0 Å². The Hall–Kier alpha value is -0.430. The predicted molar refractivity (Wildman–Crippen MR) is 74.3 cm³/mol. The highest BCUT2D eigenvalue weighted by molar-refractivity contribution is 7.91. The summed E-state index contributed by atoms with van der Waals surface area (Å²) in [5.74, 6) is 0. The van der Waals surface area contributed by atoms with Crippen molar-refractivity contribution in [1.82, 2.24) is 4.31 Å². The van der Waals surface area contributed by atoms with Gasteiger partial charge in [0.1, 0.15) is 4.21 Å². The molecule has 0 unspecified atom stereocenters. The van der Waals surface area contributed by atoms with E-state index in [0.29, 0.717) is 10.8 Å². The molecule has 0 radical (unpaired) electrons. The molecule has 0 aromatic carbocycles. The molecule has 0 bridgehead atoms. The van der Waals surface area contributed by atoms with Crippen molar-refractivity contribution in [2.24, 2.45) is 5.73 Å². The van der Waals surface area contributed by atoms with Gasteiger partial charge in [-0.2, -0.15) is 4.31 Å². The van der Waals surface area contributed by atoms with Gasteiger partial charge >= 0.3 is 0 Å². The zero-order chi connectivity index (χ0) is 13.2. The largest absolute Gasteiger partial charge is 0.330 e. The molecule has 0 spiro atoms. The quantitative estimate of drug-likeness (QED) is 0.899. The van der Waals surface area contributed by atoms with Crippen LogP contribution >= 0.6 is 11.3 Å². The van der Waals surface area contributed by atoms with Gasteiger partial charge in [0, 0.05) is 18.0 Å². The summed E-state index contributed by atoms with van der Waals surface area (Å²) in [6, 6.07) is 3.75. The number of sulfonamides is 1. The van der Waals surface area contributed by atoms with Crippen molar-refractivity contribution in [3.63, 3.8) is 0 Å². The third kappa shape index (κ3) is 2.77. The summed E-state index contributed by atoms with van der Waals surface area (Å²) in [5.41, 5.74) is 5.49. The third-order valence-electron chi connectivity index (χ3n) is 3.50. The highest BCUT2D eigenvalue weighted by Gasteiger charge is 2.30. The predicted octanol–water partition coefficient (Wildman–Crippen LogP) is 1.81. The van der Waals surface area contributed by atoms with Crippen molar-refractivity contribution in [2.45, 2.75) is 42.4 Å².